The minimum Gasteiger partial charge on any atom is -0.495 e. The molecule has 5 nitrogen and oxygen atoms in total. The molecule has 0 bridgehead atoms. The summed E-state index contributed by atoms with van der Waals surface area (Å²) in [7, 11) is 1.57. The van der Waals surface area contributed by atoms with E-state index in [1.54, 1.807) is 36.3 Å². The summed E-state index contributed by atoms with van der Waals surface area (Å²) < 4.78 is 5.39. The van der Waals surface area contributed by atoms with Crippen LogP contribution in [0.5, 0.6) is 5.75 Å². The van der Waals surface area contributed by atoms with Gasteiger partial charge >= 0.3 is 0 Å². The number of ether oxygens (including phenoxy) is 1. The third-order valence-corrected chi connectivity index (χ3v) is 5.21. The zero-order valence-electron chi connectivity index (χ0n) is 16.6. The highest BCUT2D eigenvalue weighted by Gasteiger charge is 2.35. The van der Waals surface area contributed by atoms with Crippen molar-refractivity contribution in [2.24, 2.45) is 5.92 Å². The van der Waals surface area contributed by atoms with Crippen LogP contribution >= 0.6 is 11.6 Å². The highest BCUT2D eigenvalue weighted by molar-refractivity contribution is 6.30. The number of carbonyl (C=O) groups excluding carboxylic acids is 2. The van der Waals surface area contributed by atoms with Gasteiger partial charge in [0, 0.05) is 23.7 Å². The summed E-state index contributed by atoms with van der Waals surface area (Å²) in [5.74, 6) is -0.0848. The summed E-state index contributed by atoms with van der Waals surface area (Å²) in [5.41, 5.74) is 2.41. The predicted molar refractivity (Wildman–Crippen MR) is 112 cm³/mol. The van der Waals surface area contributed by atoms with Crippen molar-refractivity contribution in [2.75, 3.05) is 23.9 Å². The molecule has 2 amide bonds. The second-order valence-electron chi connectivity index (χ2n) is 8.04. The van der Waals surface area contributed by atoms with Crippen LogP contribution in [0.3, 0.4) is 0 Å². The maximum Gasteiger partial charge on any atom is 0.229 e. The Hall–Kier alpha value is -2.53. The smallest absolute Gasteiger partial charge is 0.229 e. The SMILES string of the molecule is COc1ccc(C(C)(C)C)cc1NC(=O)C1CC(=O)N(c2ccc(Cl)cc2)C1. The summed E-state index contributed by atoms with van der Waals surface area (Å²) in [5, 5.41) is 3.56. The minimum absolute atomic E-state index is 0.0551. The van der Waals surface area contributed by atoms with Gasteiger partial charge in [-0.1, -0.05) is 38.4 Å². The lowest BCUT2D eigenvalue weighted by Gasteiger charge is -2.22. The Balaban J connectivity index is 1.76. The van der Waals surface area contributed by atoms with Gasteiger partial charge in [-0.2, -0.15) is 0 Å². The van der Waals surface area contributed by atoms with Crippen molar-refractivity contribution in [1.29, 1.82) is 0 Å². The van der Waals surface area contributed by atoms with Gasteiger partial charge in [0.05, 0.1) is 18.7 Å². The van der Waals surface area contributed by atoms with Gasteiger partial charge in [-0.3, -0.25) is 9.59 Å². The third kappa shape index (κ3) is 4.30. The second-order valence-corrected chi connectivity index (χ2v) is 8.47. The van der Waals surface area contributed by atoms with Crippen LogP contribution in [0.4, 0.5) is 11.4 Å². The van der Waals surface area contributed by atoms with E-state index >= 15 is 0 Å². The summed E-state index contributed by atoms with van der Waals surface area (Å²) in [6, 6.07) is 12.8. The van der Waals surface area contributed by atoms with E-state index in [2.05, 4.69) is 26.1 Å². The van der Waals surface area contributed by atoms with Crippen LogP contribution in [-0.4, -0.2) is 25.5 Å². The van der Waals surface area contributed by atoms with Crippen LogP contribution in [0, 0.1) is 5.92 Å². The van der Waals surface area contributed by atoms with E-state index in [1.165, 1.54) is 0 Å². The summed E-state index contributed by atoms with van der Waals surface area (Å²) in [6.45, 7) is 6.67. The summed E-state index contributed by atoms with van der Waals surface area (Å²) in [6.07, 6.45) is 0.176. The van der Waals surface area contributed by atoms with Gasteiger partial charge in [0.1, 0.15) is 5.75 Å². The maximum absolute atomic E-state index is 12.9. The van der Waals surface area contributed by atoms with Crippen LogP contribution in [0.1, 0.15) is 32.8 Å². The Kier molecular flexibility index (Phi) is 5.66. The fourth-order valence-corrected chi connectivity index (χ4v) is 3.39. The van der Waals surface area contributed by atoms with Gasteiger partial charge in [0.2, 0.25) is 11.8 Å². The average molecular weight is 401 g/mol. The van der Waals surface area contributed by atoms with Crippen molar-refractivity contribution in [2.45, 2.75) is 32.6 Å². The number of carbonyl (C=O) groups is 2. The first-order valence-electron chi connectivity index (χ1n) is 9.24. The van der Waals surface area contributed by atoms with E-state index in [0.29, 0.717) is 23.0 Å². The molecule has 0 radical (unpaired) electrons. The lowest BCUT2D eigenvalue weighted by atomic mass is 9.86. The Morgan fingerprint density at radius 3 is 2.46 bits per heavy atom. The van der Waals surface area contributed by atoms with E-state index in [1.807, 2.05) is 18.2 Å². The number of rotatable bonds is 4. The number of benzene rings is 2. The van der Waals surface area contributed by atoms with Crippen molar-refractivity contribution in [3.63, 3.8) is 0 Å². The average Bonchev–Trinajstić information content (AvgIpc) is 3.03. The second kappa shape index (κ2) is 7.84. The van der Waals surface area contributed by atoms with E-state index in [-0.39, 0.29) is 23.7 Å². The molecule has 1 saturated heterocycles. The number of anilines is 2. The first-order chi connectivity index (χ1) is 13.2. The monoisotopic (exact) mass is 400 g/mol. The van der Waals surface area contributed by atoms with Gasteiger partial charge in [-0.25, -0.2) is 0 Å². The first-order valence-corrected chi connectivity index (χ1v) is 9.62. The van der Waals surface area contributed by atoms with Gasteiger partial charge in [0.15, 0.2) is 0 Å². The van der Waals surface area contributed by atoms with Crippen molar-refractivity contribution in [3.05, 3.63) is 53.1 Å². The molecular weight excluding hydrogens is 376 g/mol. The number of amides is 2. The minimum atomic E-state index is -0.425. The molecule has 148 valence electrons. The standard InChI is InChI=1S/C22H25ClN2O3/c1-22(2,3)15-5-10-19(28-4)18(12-15)24-21(27)14-11-20(26)25(13-14)17-8-6-16(23)7-9-17/h5-10,12,14H,11,13H2,1-4H3,(H,24,27). The zero-order chi connectivity index (χ0) is 20.5. The van der Waals surface area contributed by atoms with Gasteiger partial charge in [-0.05, 0) is 47.4 Å². The molecule has 0 aromatic heterocycles. The maximum atomic E-state index is 12.9. The fraction of sp³-hybridized carbons (Fsp3) is 0.364. The number of methoxy groups -OCH3 is 1. The molecule has 6 heteroatoms. The molecule has 1 heterocycles. The molecular formula is C22H25ClN2O3. The lowest BCUT2D eigenvalue weighted by Crippen LogP contribution is -2.28. The topological polar surface area (TPSA) is 58.6 Å². The molecule has 28 heavy (non-hydrogen) atoms. The molecule has 1 aliphatic heterocycles. The molecule has 2 aromatic rings. The highest BCUT2D eigenvalue weighted by atomic mass is 35.5. The highest BCUT2D eigenvalue weighted by Crippen LogP contribution is 2.33. The normalized spacial score (nSPS) is 17.0. The largest absolute Gasteiger partial charge is 0.495 e. The number of halogens is 1. The zero-order valence-corrected chi connectivity index (χ0v) is 17.3. The Morgan fingerprint density at radius 1 is 1.18 bits per heavy atom. The molecule has 1 atom stereocenters. The lowest BCUT2D eigenvalue weighted by molar-refractivity contribution is -0.122. The quantitative estimate of drug-likeness (QED) is 0.813. The van der Waals surface area contributed by atoms with E-state index in [4.69, 9.17) is 16.3 Å². The van der Waals surface area contributed by atoms with Crippen LogP contribution < -0.4 is 15.0 Å². The number of nitrogens with one attached hydrogen (secondary N) is 1. The van der Waals surface area contributed by atoms with Crippen LogP contribution in [0.2, 0.25) is 5.02 Å². The van der Waals surface area contributed by atoms with Crippen molar-refractivity contribution >= 4 is 34.8 Å². The van der Waals surface area contributed by atoms with Crippen LogP contribution in [0.25, 0.3) is 0 Å². The van der Waals surface area contributed by atoms with Crippen LogP contribution in [-0.2, 0) is 15.0 Å². The van der Waals surface area contributed by atoms with E-state index in [0.717, 1.165) is 11.3 Å². The predicted octanol–water partition coefficient (Wildman–Crippen LogP) is 4.64. The molecule has 0 saturated carbocycles. The van der Waals surface area contributed by atoms with Crippen molar-refractivity contribution < 1.29 is 14.3 Å². The molecule has 1 N–H and O–H groups in total. The molecule has 1 fully saturated rings. The molecule has 1 unspecified atom stereocenters. The third-order valence-electron chi connectivity index (χ3n) is 4.96. The van der Waals surface area contributed by atoms with Crippen molar-refractivity contribution in [3.8, 4) is 5.75 Å². The number of hydrogen-bond donors (Lipinski definition) is 1. The van der Waals surface area contributed by atoms with Crippen molar-refractivity contribution in [1.82, 2.24) is 0 Å². The van der Waals surface area contributed by atoms with Gasteiger partial charge in [-0.15, -0.1) is 0 Å². The Labute approximate surface area is 170 Å². The Bertz CT molecular complexity index is 888. The molecule has 0 spiro atoms. The fourth-order valence-electron chi connectivity index (χ4n) is 3.26. The number of hydrogen-bond acceptors (Lipinski definition) is 3. The van der Waals surface area contributed by atoms with Crippen LogP contribution in [0.15, 0.2) is 42.5 Å². The van der Waals surface area contributed by atoms with Gasteiger partial charge < -0.3 is 15.0 Å². The molecule has 3 rings (SSSR count). The molecule has 1 aliphatic rings. The first kappa shape index (κ1) is 20.2. The number of nitrogens with zero attached hydrogens (tertiary/aromatic N) is 1. The summed E-state index contributed by atoms with van der Waals surface area (Å²) >= 11 is 5.92. The van der Waals surface area contributed by atoms with E-state index < -0.39 is 5.92 Å². The molecule has 0 aliphatic carbocycles. The molecule has 2 aromatic carbocycles. The van der Waals surface area contributed by atoms with E-state index in [9.17, 15) is 9.59 Å². The Morgan fingerprint density at radius 2 is 1.86 bits per heavy atom. The summed E-state index contributed by atoms with van der Waals surface area (Å²) in [4.78, 5) is 26.9. The van der Waals surface area contributed by atoms with Gasteiger partial charge in [0.25, 0.3) is 0 Å².